The topological polar surface area (TPSA) is 75.6 Å². The Morgan fingerprint density at radius 2 is 1.89 bits per heavy atom. The summed E-state index contributed by atoms with van der Waals surface area (Å²) in [5, 5.41) is 9.72. The zero-order valence-corrected chi connectivity index (χ0v) is 11.3. The van der Waals surface area contributed by atoms with E-state index in [4.69, 9.17) is 4.74 Å². The predicted octanol–water partition coefficient (Wildman–Crippen LogP) is 0.640. The second kappa shape index (κ2) is 5.91. The van der Waals surface area contributed by atoms with Crippen LogP contribution in [0.5, 0.6) is 0 Å². The molecule has 1 rings (SSSR count). The second-order valence-corrected chi connectivity index (χ2v) is 6.01. The molecule has 19 heavy (non-hydrogen) atoms. The van der Waals surface area contributed by atoms with E-state index in [0.29, 0.717) is 0 Å². The van der Waals surface area contributed by atoms with Crippen LogP contribution in [0, 0.1) is 11.6 Å². The smallest absolute Gasteiger partial charge is 0.246 e. The van der Waals surface area contributed by atoms with Gasteiger partial charge in [-0.25, -0.2) is 21.9 Å². The fourth-order valence-corrected chi connectivity index (χ4v) is 2.72. The highest BCUT2D eigenvalue weighted by atomic mass is 32.2. The number of methoxy groups -OCH3 is 1. The Bertz CT molecular complexity index is 525. The van der Waals surface area contributed by atoms with Crippen molar-refractivity contribution in [2.75, 3.05) is 20.3 Å². The lowest BCUT2D eigenvalue weighted by molar-refractivity contribution is -0.0120. The van der Waals surface area contributed by atoms with Gasteiger partial charge in [0.15, 0.2) is 4.90 Å². The summed E-state index contributed by atoms with van der Waals surface area (Å²) in [5.41, 5.74) is -1.48. The molecule has 0 heterocycles. The quantitative estimate of drug-likeness (QED) is 0.807. The predicted molar refractivity (Wildman–Crippen MR) is 64.0 cm³/mol. The average Bonchev–Trinajstić information content (AvgIpc) is 2.26. The Balaban J connectivity index is 2.94. The van der Waals surface area contributed by atoms with Crippen LogP contribution < -0.4 is 4.72 Å². The molecule has 0 spiro atoms. The molecule has 0 aliphatic carbocycles. The minimum absolute atomic E-state index is 0.130. The summed E-state index contributed by atoms with van der Waals surface area (Å²) in [5.74, 6) is -2.39. The van der Waals surface area contributed by atoms with Crippen molar-refractivity contribution in [3.63, 3.8) is 0 Å². The number of halogens is 2. The van der Waals surface area contributed by atoms with Gasteiger partial charge in [0.05, 0.1) is 12.2 Å². The average molecular weight is 295 g/mol. The van der Waals surface area contributed by atoms with Crippen molar-refractivity contribution in [3.05, 3.63) is 29.8 Å². The number of nitrogens with one attached hydrogen (secondary N) is 1. The Labute approximate surface area is 110 Å². The minimum atomic E-state index is -4.39. The summed E-state index contributed by atoms with van der Waals surface area (Å²) in [7, 11) is -3.06. The molecule has 0 bridgehead atoms. The molecule has 0 saturated carbocycles. The number of hydrogen-bond donors (Lipinski definition) is 2. The van der Waals surface area contributed by atoms with Gasteiger partial charge in [-0.15, -0.1) is 0 Å². The molecule has 0 radical (unpaired) electrons. The van der Waals surface area contributed by atoms with Gasteiger partial charge in [0, 0.05) is 13.7 Å². The van der Waals surface area contributed by atoms with Crippen LogP contribution in [0.1, 0.15) is 6.92 Å². The maximum absolute atomic E-state index is 13.4. The second-order valence-electron chi connectivity index (χ2n) is 4.31. The van der Waals surface area contributed by atoms with Crippen LogP contribution in [0.4, 0.5) is 8.78 Å². The van der Waals surface area contributed by atoms with E-state index in [9.17, 15) is 22.3 Å². The lowest BCUT2D eigenvalue weighted by atomic mass is 10.1. The standard InChI is InChI=1S/C11H15F2NO4S/c1-11(15,7-18-2)6-14-19(16,17)10-8(12)4-3-5-9(10)13/h3-5,14-15H,6-7H2,1-2H3. The minimum Gasteiger partial charge on any atom is -0.386 e. The number of aliphatic hydroxyl groups is 1. The molecule has 0 aliphatic heterocycles. The summed E-state index contributed by atoms with van der Waals surface area (Å²) in [4.78, 5) is -1.07. The van der Waals surface area contributed by atoms with Gasteiger partial charge in [-0.2, -0.15) is 0 Å². The first-order chi connectivity index (χ1) is 8.69. The van der Waals surface area contributed by atoms with Crippen LogP contribution in [0.15, 0.2) is 23.1 Å². The summed E-state index contributed by atoms with van der Waals surface area (Å²) in [6, 6.07) is 2.74. The number of benzene rings is 1. The summed E-state index contributed by atoms with van der Waals surface area (Å²) in [6.07, 6.45) is 0. The fraction of sp³-hybridized carbons (Fsp3) is 0.455. The van der Waals surface area contributed by atoms with Crippen molar-refractivity contribution < 1.29 is 27.0 Å². The first kappa shape index (κ1) is 16.0. The molecule has 0 fully saturated rings. The summed E-state index contributed by atoms with van der Waals surface area (Å²) in [6.45, 7) is 0.767. The third kappa shape index (κ3) is 4.20. The molecular weight excluding hydrogens is 280 g/mol. The molecule has 0 aromatic heterocycles. The first-order valence-corrected chi connectivity index (χ1v) is 6.83. The van der Waals surface area contributed by atoms with Gasteiger partial charge in [-0.3, -0.25) is 0 Å². The van der Waals surface area contributed by atoms with E-state index >= 15 is 0 Å². The van der Waals surface area contributed by atoms with Crippen LogP contribution in [0.3, 0.4) is 0 Å². The monoisotopic (exact) mass is 295 g/mol. The van der Waals surface area contributed by atoms with Gasteiger partial charge >= 0.3 is 0 Å². The zero-order chi connectivity index (χ0) is 14.7. The summed E-state index contributed by atoms with van der Waals surface area (Å²) < 4.78 is 56.9. The fourth-order valence-electron chi connectivity index (χ4n) is 1.42. The van der Waals surface area contributed by atoms with Crippen molar-refractivity contribution >= 4 is 10.0 Å². The lowest BCUT2D eigenvalue weighted by Crippen LogP contribution is -2.44. The highest BCUT2D eigenvalue weighted by Gasteiger charge is 2.28. The highest BCUT2D eigenvalue weighted by molar-refractivity contribution is 7.89. The van der Waals surface area contributed by atoms with Crippen molar-refractivity contribution in [3.8, 4) is 0 Å². The summed E-state index contributed by atoms with van der Waals surface area (Å²) >= 11 is 0. The lowest BCUT2D eigenvalue weighted by Gasteiger charge is -2.22. The maximum atomic E-state index is 13.4. The number of hydrogen-bond acceptors (Lipinski definition) is 4. The van der Waals surface area contributed by atoms with Crippen molar-refractivity contribution in [1.82, 2.24) is 4.72 Å². The molecule has 0 aliphatic rings. The van der Waals surface area contributed by atoms with E-state index in [0.717, 1.165) is 18.2 Å². The molecule has 0 saturated heterocycles. The van der Waals surface area contributed by atoms with Crippen LogP contribution in [-0.2, 0) is 14.8 Å². The Morgan fingerprint density at radius 3 is 2.37 bits per heavy atom. The Morgan fingerprint density at radius 1 is 1.37 bits per heavy atom. The largest absolute Gasteiger partial charge is 0.386 e. The normalized spacial score (nSPS) is 15.2. The molecule has 1 aromatic carbocycles. The molecule has 108 valence electrons. The van der Waals surface area contributed by atoms with Gasteiger partial charge in [0.2, 0.25) is 10.0 Å². The van der Waals surface area contributed by atoms with Gasteiger partial charge in [-0.1, -0.05) is 6.07 Å². The molecule has 2 N–H and O–H groups in total. The zero-order valence-electron chi connectivity index (χ0n) is 10.5. The maximum Gasteiger partial charge on any atom is 0.246 e. The van der Waals surface area contributed by atoms with Crippen LogP contribution in [0.25, 0.3) is 0 Å². The van der Waals surface area contributed by atoms with E-state index in [1.807, 2.05) is 4.72 Å². The highest BCUT2D eigenvalue weighted by Crippen LogP contribution is 2.18. The third-order valence-corrected chi connectivity index (χ3v) is 3.74. The van der Waals surface area contributed by atoms with E-state index in [2.05, 4.69) is 0 Å². The van der Waals surface area contributed by atoms with Crippen LogP contribution in [-0.4, -0.2) is 39.4 Å². The van der Waals surface area contributed by atoms with Gasteiger partial charge in [-0.05, 0) is 19.1 Å². The SMILES string of the molecule is COCC(C)(O)CNS(=O)(=O)c1c(F)cccc1F. The van der Waals surface area contributed by atoms with E-state index in [1.165, 1.54) is 14.0 Å². The van der Waals surface area contributed by atoms with Gasteiger partial charge in [0.25, 0.3) is 0 Å². The van der Waals surface area contributed by atoms with Gasteiger partial charge < -0.3 is 9.84 Å². The first-order valence-electron chi connectivity index (χ1n) is 5.34. The Kier molecular flexibility index (Phi) is 4.97. The Hall–Kier alpha value is -1.09. The molecule has 5 nitrogen and oxygen atoms in total. The van der Waals surface area contributed by atoms with Gasteiger partial charge in [0.1, 0.15) is 11.6 Å². The molecule has 8 heteroatoms. The number of sulfonamides is 1. The molecule has 0 amide bonds. The number of ether oxygens (including phenoxy) is 1. The molecule has 1 unspecified atom stereocenters. The van der Waals surface area contributed by atoms with Crippen molar-refractivity contribution in [1.29, 1.82) is 0 Å². The molecule has 1 aromatic rings. The molecular formula is C11H15F2NO4S. The van der Waals surface area contributed by atoms with Crippen molar-refractivity contribution in [2.24, 2.45) is 0 Å². The van der Waals surface area contributed by atoms with E-state index in [1.54, 1.807) is 0 Å². The van der Waals surface area contributed by atoms with Crippen molar-refractivity contribution in [2.45, 2.75) is 17.4 Å². The molecule has 1 atom stereocenters. The van der Waals surface area contributed by atoms with Crippen LogP contribution in [0.2, 0.25) is 0 Å². The van der Waals surface area contributed by atoms with E-state index in [-0.39, 0.29) is 6.61 Å². The number of rotatable bonds is 6. The van der Waals surface area contributed by atoms with Crippen LogP contribution >= 0.6 is 0 Å². The van der Waals surface area contributed by atoms with E-state index < -0.39 is 38.7 Å². The third-order valence-electron chi connectivity index (χ3n) is 2.29.